The van der Waals surface area contributed by atoms with E-state index in [0.717, 1.165) is 25.3 Å². The Morgan fingerprint density at radius 3 is 2.53 bits per heavy atom. The molecule has 1 aromatic heterocycles. The maximum atomic E-state index is 5.73. The van der Waals surface area contributed by atoms with E-state index in [1.807, 2.05) is 12.1 Å². The van der Waals surface area contributed by atoms with E-state index in [1.54, 1.807) is 6.20 Å². The first-order valence-corrected chi connectivity index (χ1v) is 6.10. The van der Waals surface area contributed by atoms with E-state index < -0.39 is 0 Å². The summed E-state index contributed by atoms with van der Waals surface area (Å²) in [5.41, 5.74) is 6.90. The molecule has 0 aliphatic carbocycles. The quantitative estimate of drug-likeness (QED) is 0.816. The number of aromatic nitrogens is 1. The Balaban J connectivity index is 2.74. The molecule has 0 bridgehead atoms. The molecular formula is C13H24N4. The predicted molar refractivity (Wildman–Crippen MR) is 74.3 cm³/mol. The third-order valence-corrected chi connectivity index (χ3v) is 2.53. The molecule has 0 saturated heterocycles. The minimum atomic E-state index is 0.584. The van der Waals surface area contributed by atoms with Crippen molar-refractivity contribution in [1.29, 1.82) is 0 Å². The van der Waals surface area contributed by atoms with Crippen LogP contribution in [0.4, 0.5) is 11.5 Å². The second kappa shape index (κ2) is 6.45. The minimum Gasteiger partial charge on any atom is -0.384 e. The third kappa shape index (κ3) is 5.04. The molecule has 1 rings (SSSR count). The molecule has 96 valence electrons. The van der Waals surface area contributed by atoms with Crippen molar-refractivity contribution < 1.29 is 0 Å². The van der Waals surface area contributed by atoms with E-state index in [9.17, 15) is 0 Å². The molecule has 2 N–H and O–H groups in total. The van der Waals surface area contributed by atoms with Gasteiger partial charge >= 0.3 is 0 Å². The van der Waals surface area contributed by atoms with Crippen molar-refractivity contribution >= 4 is 11.5 Å². The molecule has 0 saturated carbocycles. The molecule has 1 aromatic rings. The molecule has 4 nitrogen and oxygen atoms in total. The number of nitrogens with zero attached hydrogens (tertiary/aromatic N) is 3. The lowest BCUT2D eigenvalue weighted by Gasteiger charge is -2.28. The van der Waals surface area contributed by atoms with Crippen molar-refractivity contribution in [3.63, 3.8) is 0 Å². The summed E-state index contributed by atoms with van der Waals surface area (Å²) in [6.07, 6.45) is 1.77. The first-order chi connectivity index (χ1) is 7.99. The lowest BCUT2D eigenvalue weighted by atomic mass is 10.2. The lowest BCUT2D eigenvalue weighted by molar-refractivity contribution is 0.409. The van der Waals surface area contributed by atoms with Gasteiger partial charge in [-0.1, -0.05) is 13.8 Å². The van der Waals surface area contributed by atoms with E-state index in [0.29, 0.717) is 11.7 Å². The monoisotopic (exact) mass is 236 g/mol. The van der Waals surface area contributed by atoms with Gasteiger partial charge in [0.2, 0.25) is 0 Å². The van der Waals surface area contributed by atoms with E-state index in [-0.39, 0.29) is 0 Å². The Morgan fingerprint density at radius 2 is 2.00 bits per heavy atom. The minimum absolute atomic E-state index is 0.584. The van der Waals surface area contributed by atoms with Gasteiger partial charge < -0.3 is 15.5 Å². The topological polar surface area (TPSA) is 45.4 Å². The Bertz CT molecular complexity index is 336. The van der Waals surface area contributed by atoms with Crippen molar-refractivity contribution in [2.24, 2.45) is 5.92 Å². The fourth-order valence-corrected chi connectivity index (χ4v) is 1.72. The van der Waals surface area contributed by atoms with Crippen LogP contribution in [0.3, 0.4) is 0 Å². The molecule has 0 aliphatic rings. The van der Waals surface area contributed by atoms with Gasteiger partial charge in [0.05, 0.1) is 0 Å². The zero-order valence-corrected chi connectivity index (χ0v) is 11.3. The van der Waals surface area contributed by atoms with Gasteiger partial charge in [0.1, 0.15) is 5.82 Å². The summed E-state index contributed by atoms with van der Waals surface area (Å²) in [6, 6.07) is 3.96. The molecule has 0 unspecified atom stereocenters. The Labute approximate surface area is 104 Å². The van der Waals surface area contributed by atoms with Crippen molar-refractivity contribution in [1.82, 2.24) is 9.88 Å². The SMILES string of the molecule is CC(C)CN(CCN(C)C)c1ccnc(N)c1. The van der Waals surface area contributed by atoms with Gasteiger partial charge in [0, 0.05) is 37.6 Å². The smallest absolute Gasteiger partial charge is 0.125 e. The second-order valence-corrected chi connectivity index (χ2v) is 5.08. The predicted octanol–water partition coefficient (Wildman–Crippen LogP) is 1.69. The molecular weight excluding hydrogens is 212 g/mol. The highest BCUT2D eigenvalue weighted by molar-refractivity contribution is 5.52. The number of nitrogen functional groups attached to an aromatic ring is 1. The number of anilines is 2. The molecule has 1 heterocycles. The highest BCUT2D eigenvalue weighted by Crippen LogP contribution is 2.16. The first-order valence-electron chi connectivity index (χ1n) is 6.10. The summed E-state index contributed by atoms with van der Waals surface area (Å²) in [7, 11) is 4.18. The number of pyridine rings is 1. The molecule has 0 fully saturated rings. The number of hydrogen-bond acceptors (Lipinski definition) is 4. The van der Waals surface area contributed by atoms with Gasteiger partial charge in [0.25, 0.3) is 0 Å². The third-order valence-electron chi connectivity index (χ3n) is 2.53. The summed E-state index contributed by atoms with van der Waals surface area (Å²) in [5.74, 6) is 1.22. The van der Waals surface area contributed by atoms with Crippen molar-refractivity contribution in [3.05, 3.63) is 18.3 Å². The van der Waals surface area contributed by atoms with Crippen LogP contribution >= 0.6 is 0 Å². The highest BCUT2D eigenvalue weighted by atomic mass is 15.2. The number of likely N-dealkylation sites (N-methyl/N-ethyl adjacent to an activating group) is 1. The van der Waals surface area contributed by atoms with Crippen LogP contribution in [0.15, 0.2) is 18.3 Å². The standard InChI is InChI=1S/C13H24N4/c1-11(2)10-17(8-7-16(3)4)12-5-6-15-13(14)9-12/h5-6,9,11H,7-8,10H2,1-4H3,(H2,14,15). The summed E-state index contributed by atoms with van der Waals surface area (Å²) < 4.78 is 0. The van der Waals surface area contributed by atoms with Gasteiger partial charge in [-0.25, -0.2) is 4.98 Å². The average Bonchev–Trinajstić information content (AvgIpc) is 2.23. The van der Waals surface area contributed by atoms with Crippen LogP contribution in [-0.2, 0) is 0 Å². The summed E-state index contributed by atoms with van der Waals surface area (Å²) in [4.78, 5) is 8.59. The molecule has 0 amide bonds. The van der Waals surface area contributed by atoms with Crippen LogP contribution in [0.1, 0.15) is 13.8 Å². The maximum absolute atomic E-state index is 5.73. The number of nitrogens with two attached hydrogens (primary N) is 1. The van der Waals surface area contributed by atoms with Crippen LogP contribution < -0.4 is 10.6 Å². The summed E-state index contributed by atoms with van der Waals surface area (Å²) >= 11 is 0. The fraction of sp³-hybridized carbons (Fsp3) is 0.615. The summed E-state index contributed by atoms with van der Waals surface area (Å²) in [6.45, 7) is 7.54. The van der Waals surface area contributed by atoms with Gasteiger partial charge in [0.15, 0.2) is 0 Å². The van der Waals surface area contributed by atoms with Crippen molar-refractivity contribution in [3.8, 4) is 0 Å². The zero-order chi connectivity index (χ0) is 12.8. The first kappa shape index (κ1) is 13.8. The van der Waals surface area contributed by atoms with Gasteiger partial charge in [-0.05, 0) is 26.1 Å². The van der Waals surface area contributed by atoms with Gasteiger partial charge in [-0.15, -0.1) is 0 Å². The van der Waals surface area contributed by atoms with E-state index in [2.05, 4.69) is 42.7 Å². The average molecular weight is 236 g/mol. The Hall–Kier alpha value is -1.29. The van der Waals surface area contributed by atoms with Crippen LogP contribution in [0.2, 0.25) is 0 Å². The second-order valence-electron chi connectivity index (χ2n) is 5.08. The lowest BCUT2D eigenvalue weighted by Crippen LogP contribution is -2.34. The Kier molecular flexibility index (Phi) is 5.22. The molecule has 0 aliphatic heterocycles. The molecule has 0 spiro atoms. The van der Waals surface area contributed by atoms with E-state index in [1.165, 1.54) is 0 Å². The molecule has 4 heteroatoms. The van der Waals surface area contributed by atoms with E-state index >= 15 is 0 Å². The Morgan fingerprint density at radius 1 is 1.29 bits per heavy atom. The zero-order valence-electron chi connectivity index (χ0n) is 11.3. The number of hydrogen-bond donors (Lipinski definition) is 1. The van der Waals surface area contributed by atoms with Crippen LogP contribution in [-0.4, -0.2) is 43.6 Å². The largest absolute Gasteiger partial charge is 0.384 e. The fourth-order valence-electron chi connectivity index (χ4n) is 1.72. The van der Waals surface area contributed by atoms with Crippen molar-refractivity contribution in [2.45, 2.75) is 13.8 Å². The van der Waals surface area contributed by atoms with Gasteiger partial charge in [-0.2, -0.15) is 0 Å². The normalized spacial score (nSPS) is 11.2. The highest BCUT2D eigenvalue weighted by Gasteiger charge is 2.09. The molecule has 17 heavy (non-hydrogen) atoms. The molecule has 0 radical (unpaired) electrons. The van der Waals surface area contributed by atoms with Crippen molar-refractivity contribution in [2.75, 3.05) is 44.4 Å². The number of rotatable bonds is 6. The molecule has 0 aromatic carbocycles. The van der Waals surface area contributed by atoms with Crippen LogP contribution in [0.5, 0.6) is 0 Å². The van der Waals surface area contributed by atoms with Gasteiger partial charge in [-0.3, -0.25) is 0 Å². The van der Waals surface area contributed by atoms with Crippen LogP contribution in [0.25, 0.3) is 0 Å². The maximum Gasteiger partial charge on any atom is 0.125 e. The van der Waals surface area contributed by atoms with Crippen LogP contribution in [0, 0.1) is 5.92 Å². The molecule has 0 atom stereocenters. The summed E-state index contributed by atoms with van der Waals surface area (Å²) in [5, 5.41) is 0. The van der Waals surface area contributed by atoms with E-state index in [4.69, 9.17) is 5.73 Å².